The van der Waals surface area contributed by atoms with Crippen molar-refractivity contribution in [2.75, 3.05) is 20.2 Å². The summed E-state index contributed by atoms with van der Waals surface area (Å²) in [6, 6.07) is 0. The van der Waals surface area contributed by atoms with Gasteiger partial charge < -0.3 is 20.3 Å². The molecule has 0 amide bonds. The van der Waals surface area contributed by atoms with Gasteiger partial charge in [-0.1, -0.05) is 0 Å². The summed E-state index contributed by atoms with van der Waals surface area (Å²) in [6.45, 7) is -0.511. The largest absolute Gasteiger partial charge is 0.493 e. The Morgan fingerprint density at radius 3 is 2.61 bits per heavy atom. The SMILES string of the molecule is COC1=C(NCC(=O)O)CCC/C1=N\CC(=O)O. The van der Waals surface area contributed by atoms with Crippen LogP contribution in [0.15, 0.2) is 16.4 Å². The number of aliphatic imine (C=N–C) groups is 1. The third-order valence-electron chi connectivity index (χ3n) is 2.44. The second-order valence-corrected chi connectivity index (χ2v) is 3.77. The lowest BCUT2D eigenvalue weighted by Crippen LogP contribution is -2.28. The monoisotopic (exact) mass is 256 g/mol. The average Bonchev–Trinajstić information content (AvgIpc) is 2.33. The number of methoxy groups -OCH3 is 1. The van der Waals surface area contributed by atoms with Crippen LogP contribution in [0.25, 0.3) is 0 Å². The number of ether oxygens (including phenoxy) is 1. The number of carboxylic acid groups (broad SMARTS) is 2. The molecule has 7 nitrogen and oxygen atoms in total. The maximum absolute atomic E-state index is 10.5. The summed E-state index contributed by atoms with van der Waals surface area (Å²) in [5.74, 6) is -1.51. The Balaban J connectivity index is 2.85. The number of allylic oxidation sites excluding steroid dienone is 2. The smallest absolute Gasteiger partial charge is 0.325 e. The Hall–Kier alpha value is -2.05. The third kappa shape index (κ3) is 4.08. The topological polar surface area (TPSA) is 108 Å². The van der Waals surface area contributed by atoms with Gasteiger partial charge in [-0.15, -0.1) is 0 Å². The standard InChI is InChI=1S/C11H16N2O5/c1-18-11-7(12-5-9(14)15)3-2-4-8(11)13-6-10(16)17/h12H,2-6H2,1H3,(H,14,15)(H,16,17)/b13-8+. The Morgan fingerprint density at radius 1 is 1.33 bits per heavy atom. The van der Waals surface area contributed by atoms with E-state index in [0.717, 1.165) is 6.42 Å². The minimum absolute atomic E-state index is 0.200. The summed E-state index contributed by atoms with van der Waals surface area (Å²) in [7, 11) is 1.46. The number of carboxylic acids is 2. The predicted octanol–water partition coefficient (Wildman–Crippen LogP) is 0.228. The second kappa shape index (κ2) is 6.63. The van der Waals surface area contributed by atoms with Gasteiger partial charge in [0.05, 0.1) is 18.5 Å². The number of hydrogen-bond donors (Lipinski definition) is 3. The normalized spacial score (nSPS) is 17.7. The first-order valence-corrected chi connectivity index (χ1v) is 5.53. The van der Waals surface area contributed by atoms with Gasteiger partial charge in [0.2, 0.25) is 0 Å². The highest BCUT2D eigenvalue weighted by molar-refractivity contribution is 6.00. The molecule has 0 spiro atoms. The van der Waals surface area contributed by atoms with Gasteiger partial charge in [-0.2, -0.15) is 0 Å². The van der Waals surface area contributed by atoms with Crippen LogP contribution in [-0.2, 0) is 14.3 Å². The first kappa shape index (κ1) is 14.0. The van der Waals surface area contributed by atoms with Crippen LogP contribution in [0.3, 0.4) is 0 Å². The molecule has 3 N–H and O–H groups in total. The van der Waals surface area contributed by atoms with Crippen LogP contribution in [-0.4, -0.2) is 48.1 Å². The molecule has 0 aliphatic heterocycles. The maximum Gasteiger partial charge on any atom is 0.325 e. The van der Waals surface area contributed by atoms with Gasteiger partial charge in [-0.25, -0.2) is 0 Å². The lowest BCUT2D eigenvalue weighted by atomic mass is 10.0. The number of nitrogens with zero attached hydrogens (tertiary/aromatic N) is 1. The minimum atomic E-state index is -1.01. The van der Waals surface area contributed by atoms with Gasteiger partial charge in [0, 0.05) is 0 Å². The lowest BCUT2D eigenvalue weighted by molar-refractivity contribution is -0.136. The molecule has 0 saturated carbocycles. The summed E-state index contributed by atoms with van der Waals surface area (Å²) in [5, 5.41) is 20.0. The lowest BCUT2D eigenvalue weighted by Gasteiger charge is -2.21. The highest BCUT2D eigenvalue weighted by Crippen LogP contribution is 2.21. The zero-order valence-corrected chi connectivity index (χ0v) is 10.1. The van der Waals surface area contributed by atoms with E-state index in [1.165, 1.54) is 7.11 Å². The summed E-state index contributed by atoms with van der Waals surface area (Å²) in [4.78, 5) is 24.9. The van der Waals surface area contributed by atoms with Crippen molar-refractivity contribution >= 4 is 17.7 Å². The van der Waals surface area contributed by atoms with Gasteiger partial charge in [0.25, 0.3) is 0 Å². The number of carbonyl (C=O) groups is 2. The van der Waals surface area contributed by atoms with E-state index in [-0.39, 0.29) is 13.1 Å². The molecule has 0 fully saturated rings. The van der Waals surface area contributed by atoms with Crippen LogP contribution in [0, 0.1) is 0 Å². The molecular formula is C11H16N2O5. The molecule has 0 atom stereocenters. The van der Waals surface area contributed by atoms with Crippen molar-refractivity contribution in [1.29, 1.82) is 0 Å². The Morgan fingerprint density at radius 2 is 2.06 bits per heavy atom. The molecule has 1 aliphatic rings. The highest BCUT2D eigenvalue weighted by Gasteiger charge is 2.20. The molecule has 0 radical (unpaired) electrons. The second-order valence-electron chi connectivity index (χ2n) is 3.77. The van der Waals surface area contributed by atoms with Crippen LogP contribution in [0.4, 0.5) is 0 Å². The van der Waals surface area contributed by atoms with E-state index in [1.54, 1.807) is 0 Å². The molecule has 1 rings (SSSR count). The predicted molar refractivity (Wildman–Crippen MR) is 63.5 cm³/mol. The van der Waals surface area contributed by atoms with Crippen molar-refractivity contribution < 1.29 is 24.5 Å². The fourth-order valence-corrected chi connectivity index (χ4v) is 1.74. The van der Waals surface area contributed by atoms with E-state index in [9.17, 15) is 9.59 Å². The minimum Gasteiger partial charge on any atom is -0.493 e. The fourth-order valence-electron chi connectivity index (χ4n) is 1.74. The van der Waals surface area contributed by atoms with Gasteiger partial charge in [0.1, 0.15) is 13.1 Å². The molecule has 0 bridgehead atoms. The van der Waals surface area contributed by atoms with Gasteiger partial charge in [0.15, 0.2) is 5.76 Å². The molecule has 0 unspecified atom stereocenters. The number of hydrogen-bond acceptors (Lipinski definition) is 5. The van der Waals surface area contributed by atoms with Crippen molar-refractivity contribution in [3.05, 3.63) is 11.5 Å². The zero-order chi connectivity index (χ0) is 13.5. The van der Waals surface area contributed by atoms with E-state index in [0.29, 0.717) is 30.0 Å². The molecule has 0 aromatic rings. The Kier molecular flexibility index (Phi) is 5.16. The number of rotatable bonds is 6. The average molecular weight is 256 g/mol. The van der Waals surface area contributed by atoms with Crippen LogP contribution in [0.5, 0.6) is 0 Å². The highest BCUT2D eigenvalue weighted by atomic mass is 16.5. The van der Waals surface area contributed by atoms with Crippen molar-refractivity contribution in [3.8, 4) is 0 Å². The molecule has 100 valence electrons. The quantitative estimate of drug-likeness (QED) is 0.627. The molecule has 18 heavy (non-hydrogen) atoms. The summed E-state index contributed by atoms with van der Waals surface area (Å²) >= 11 is 0. The first-order valence-electron chi connectivity index (χ1n) is 5.53. The molecule has 0 saturated heterocycles. The number of nitrogens with one attached hydrogen (secondary N) is 1. The Labute approximate surface area is 104 Å². The van der Waals surface area contributed by atoms with Crippen LogP contribution in [0.1, 0.15) is 19.3 Å². The first-order chi connectivity index (χ1) is 8.54. The molecule has 7 heteroatoms. The molecule has 0 heterocycles. The van der Waals surface area contributed by atoms with Crippen molar-refractivity contribution in [2.45, 2.75) is 19.3 Å². The van der Waals surface area contributed by atoms with Gasteiger partial charge in [-0.05, 0) is 19.3 Å². The van der Waals surface area contributed by atoms with Gasteiger partial charge >= 0.3 is 11.9 Å². The van der Waals surface area contributed by atoms with Crippen molar-refractivity contribution in [3.63, 3.8) is 0 Å². The fraction of sp³-hybridized carbons (Fsp3) is 0.545. The maximum atomic E-state index is 10.5. The van der Waals surface area contributed by atoms with E-state index < -0.39 is 11.9 Å². The summed E-state index contributed by atoms with van der Waals surface area (Å²) in [6.07, 6.45) is 2.09. The molecule has 0 aromatic heterocycles. The molecular weight excluding hydrogens is 240 g/mol. The van der Waals surface area contributed by atoms with E-state index >= 15 is 0 Å². The summed E-state index contributed by atoms with van der Waals surface area (Å²) in [5.41, 5.74) is 1.23. The van der Waals surface area contributed by atoms with Crippen molar-refractivity contribution in [1.82, 2.24) is 5.32 Å². The van der Waals surface area contributed by atoms with Gasteiger partial charge in [-0.3, -0.25) is 14.6 Å². The van der Waals surface area contributed by atoms with Crippen LogP contribution in [0.2, 0.25) is 0 Å². The zero-order valence-electron chi connectivity index (χ0n) is 10.1. The van der Waals surface area contributed by atoms with Crippen LogP contribution < -0.4 is 5.32 Å². The Bertz CT molecular complexity index is 400. The molecule has 0 aromatic carbocycles. The van der Waals surface area contributed by atoms with Crippen molar-refractivity contribution in [2.24, 2.45) is 4.99 Å². The van der Waals surface area contributed by atoms with E-state index in [1.807, 2.05) is 0 Å². The van der Waals surface area contributed by atoms with E-state index in [4.69, 9.17) is 14.9 Å². The van der Waals surface area contributed by atoms with Crippen LogP contribution >= 0.6 is 0 Å². The molecule has 1 aliphatic carbocycles. The summed E-state index contributed by atoms with van der Waals surface area (Å²) < 4.78 is 5.18. The number of aliphatic carboxylic acids is 2. The third-order valence-corrected chi connectivity index (χ3v) is 2.44. The van der Waals surface area contributed by atoms with E-state index in [2.05, 4.69) is 10.3 Å².